The molecule has 1 atom stereocenters. The summed E-state index contributed by atoms with van der Waals surface area (Å²) in [5.74, 6) is -0.911. The van der Waals surface area contributed by atoms with E-state index in [0.29, 0.717) is 10.9 Å². The molecule has 3 rings (SSSR count). The van der Waals surface area contributed by atoms with Crippen molar-refractivity contribution >= 4 is 34.4 Å². The van der Waals surface area contributed by atoms with E-state index in [1.807, 2.05) is 0 Å². The smallest absolute Gasteiger partial charge is 0.240 e. The molecule has 6 nitrogen and oxygen atoms in total. The van der Waals surface area contributed by atoms with Gasteiger partial charge in [-0.1, -0.05) is 17.8 Å². The average molecular weight is 362 g/mol. The minimum atomic E-state index is -0.527. The number of amides is 2. The lowest BCUT2D eigenvalue weighted by Gasteiger charge is -2.11. The van der Waals surface area contributed by atoms with E-state index in [4.69, 9.17) is 0 Å². The first-order valence-corrected chi connectivity index (χ1v) is 9.04. The summed E-state index contributed by atoms with van der Waals surface area (Å²) in [5, 5.41) is 9.47. The minimum Gasteiger partial charge on any atom is -0.326 e. The van der Waals surface area contributed by atoms with Gasteiger partial charge in [0.2, 0.25) is 11.8 Å². The van der Waals surface area contributed by atoms with Crippen LogP contribution in [0.15, 0.2) is 41.1 Å². The van der Waals surface area contributed by atoms with Crippen molar-refractivity contribution in [1.29, 1.82) is 0 Å². The maximum atomic E-state index is 12.9. The first-order valence-electron chi connectivity index (χ1n) is 8.16. The number of hydrogen-bond acceptors (Lipinski definition) is 5. The lowest BCUT2D eigenvalue weighted by molar-refractivity contribution is -0.122. The Hall–Kier alpha value is -2.35. The van der Waals surface area contributed by atoms with Crippen molar-refractivity contribution in [3.05, 3.63) is 41.9 Å². The number of nitrogens with one attached hydrogen (secondary N) is 3. The molecule has 0 aromatic heterocycles. The summed E-state index contributed by atoms with van der Waals surface area (Å²) >= 11 is 1.23. The number of hydrazone groups is 1. The average Bonchev–Trinajstić information content (AvgIpc) is 2.96. The number of amidine groups is 1. The fourth-order valence-corrected chi connectivity index (χ4v) is 3.50. The highest BCUT2D eigenvalue weighted by Crippen LogP contribution is 2.23. The zero-order valence-corrected chi connectivity index (χ0v) is 14.4. The van der Waals surface area contributed by atoms with Crippen molar-refractivity contribution in [3.8, 4) is 0 Å². The number of anilines is 1. The van der Waals surface area contributed by atoms with E-state index < -0.39 is 5.25 Å². The normalized spacial score (nSPS) is 21.6. The molecule has 1 fully saturated rings. The maximum absolute atomic E-state index is 12.9. The van der Waals surface area contributed by atoms with Crippen LogP contribution in [-0.4, -0.2) is 22.2 Å². The van der Waals surface area contributed by atoms with Crippen LogP contribution in [0.1, 0.15) is 32.1 Å². The van der Waals surface area contributed by atoms with Crippen LogP contribution in [0.3, 0.4) is 0 Å². The fourth-order valence-electron chi connectivity index (χ4n) is 2.57. The largest absolute Gasteiger partial charge is 0.326 e. The van der Waals surface area contributed by atoms with Crippen LogP contribution in [0.2, 0.25) is 0 Å². The van der Waals surface area contributed by atoms with Gasteiger partial charge in [0.05, 0.1) is 0 Å². The summed E-state index contributed by atoms with van der Waals surface area (Å²) in [6.07, 6.45) is 6.46. The van der Waals surface area contributed by atoms with Crippen LogP contribution >= 0.6 is 11.8 Å². The van der Waals surface area contributed by atoms with E-state index in [1.54, 1.807) is 0 Å². The number of halogens is 1. The third-order valence-electron chi connectivity index (χ3n) is 3.87. The molecule has 2 aliphatic rings. The molecule has 1 aromatic rings. The highest BCUT2D eigenvalue weighted by Gasteiger charge is 2.32. The number of carbonyl (C=O) groups is 2. The van der Waals surface area contributed by atoms with E-state index in [2.05, 4.69) is 27.2 Å². The van der Waals surface area contributed by atoms with Crippen LogP contribution in [0, 0.1) is 5.82 Å². The van der Waals surface area contributed by atoms with Gasteiger partial charge in [0.25, 0.3) is 0 Å². The van der Waals surface area contributed by atoms with Gasteiger partial charge in [-0.2, -0.15) is 5.10 Å². The third-order valence-corrected chi connectivity index (χ3v) is 4.95. The van der Waals surface area contributed by atoms with Crippen LogP contribution in [0.25, 0.3) is 0 Å². The highest BCUT2D eigenvalue weighted by atomic mass is 32.2. The first kappa shape index (κ1) is 17.5. The van der Waals surface area contributed by atoms with E-state index in [9.17, 15) is 14.0 Å². The Morgan fingerprint density at radius 2 is 2.12 bits per heavy atom. The summed E-state index contributed by atoms with van der Waals surface area (Å²) in [6.45, 7) is 0. The van der Waals surface area contributed by atoms with Crippen molar-refractivity contribution in [2.24, 2.45) is 5.10 Å². The monoisotopic (exact) mass is 362 g/mol. The second kappa shape index (κ2) is 8.15. The quantitative estimate of drug-likeness (QED) is 0.704. The lowest BCUT2D eigenvalue weighted by Crippen LogP contribution is -2.28. The highest BCUT2D eigenvalue weighted by molar-refractivity contribution is 8.15. The number of thioether (sulfide) groups is 1. The molecule has 0 unspecified atom stereocenters. The van der Waals surface area contributed by atoms with Gasteiger partial charge < -0.3 is 10.6 Å². The number of benzene rings is 1. The van der Waals surface area contributed by atoms with Crippen LogP contribution in [0.4, 0.5) is 10.1 Å². The van der Waals surface area contributed by atoms with E-state index in [1.165, 1.54) is 42.4 Å². The Morgan fingerprint density at radius 1 is 1.32 bits per heavy atom. The van der Waals surface area contributed by atoms with Crippen molar-refractivity contribution in [3.63, 3.8) is 0 Å². The molecule has 0 spiro atoms. The molecular weight excluding hydrogens is 343 g/mol. The number of rotatable bonds is 5. The standard InChI is InChI=1S/C17H19FN4O2S/c18-11-6-8-12(9-7-11)19-15(23)10-14-16(24)20-17(25-14)22-21-13-4-2-1-3-5-13/h4,6-9,14,21H,1-3,5,10H2,(H,19,23)(H,20,22,24)/t14-/m0/s1. The van der Waals surface area contributed by atoms with Crippen LogP contribution in [-0.2, 0) is 9.59 Å². The van der Waals surface area contributed by atoms with Gasteiger partial charge in [0.15, 0.2) is 5.17 Å². The molecule has 1 aliphatic carbocycles. The van der Waals surface area contributed by atoms with Gasteiger partial charge in [-0.25, -0.2) is 4.39 Å². The molecule has 1 aromatic carbocycles. The molecule has 1 heterocycles. The number of allylic oxidation sites excluding steroid dienone is 2. The van der Waals surface area contributed by atoms with E-state index in [-0.39, 0.29) is 24.1 Å². The third kappa shape index (κ3) is 5.06. The Morgan fingerprint density at radius 3 is 2.84 bits per heavy atom. The van der Waals surface area contributed by atoms with Crippen LogP contribution < -0.4 is 16.1 Å². The number of carbonyl (C=O) groups excluding carboxylic acids is 2. The minimum absolute atomic E-state index is 0.0234. The predicted molar refractivity (Wildman–Crippen MR) is 96.3 cm³/mol. The van der Waals surface area contributed by atoms with E-state index in [0.717, 1.165) is 25.0 Å². The molecule has 3 N–H and O–H groups in total. The van der Waals surface area contributed by atoms with Gasteiger partial charge in [-0.05, 0) is 49.9 Å². The number of nitrogens with zero attached hydrogens (tertiary/aromatic N) is 1. The van der Waals surface area contributed by atoms with Gasteiger partial charge in [0.1, 0.15) is 11.1 Å². The van der Waals surface area contributed by atoms with Gasteiger partial charge in [0, 0.05) is 17.8 Å². The molecule has 0 saturated carbocycles. The fraction of sp³-hybridized carbons (Fsp3) is 0.353. The Labute approximate surface area is 149 Å². The summed E-state index contributed by atoms with van der Waals surface area (Å²) < 4.78 is 12.9. The van der Waals surface area contributed by atoms with E-state index >= 15 is 0 Å². The summed E-state index contributed by atoms with van der Waals surface area (Å²) in [4.78, 5) is 24.0. The molecule has 25 heavy (non-hydrogen) atoms. The predicted octanol–water partition coefficient (Wildman–Crippen LogP) is 2.70. The second-order valence-corrected chi connectivity index (χ2v) is 7.05. The molecule has 8 heteroatoms. The van der Waals surface area contributed by atoms with Crippen molar-refractivity contribution in [2.75, 3.05) is 5.32 Å². The molecule has 2 amide bonds. The summed E-state index contributed by atoms with van der Waals surface area (Å²) in [5.41, 5.74) is 4.54. The first-order chi connectivity index (χ1) is 12.1. The number of hydrogen-bond donors (Lipinski definition) is 3. The van der Waals surface area contributed by atoms with Gasteiger partial charge >= 0.3 is 0 Å². The molecule has 1 saturated heterocycles. The molecule has 132 valence electrons. The SMILES string of the molecule is O=C(C[C@@H]1S/C(=N/NC2=CCCCC2)NC1=O)Nc1ccc(F)cc1. The van der Waals surface area contributed by atoms with Crippen molar-refractivity contribution in [1.82, 2.24) is 10.7 Å². The van der Waals surface area contributed by atoms with Crippen molar-refractivity contribution in [2.45, 2.75) is 37.4 Å². The van der Waals surface area contributed by atoms with Gasteiger partial charge in [-0.15, -0.1) is 0 Å². The van der Waals surface area contributed by atoms with Gasteiger partial charge in [-0.3, -0.25) is 15.0 Å². The van der Waals surface area contributed by atoms with Crippen LogP contribution in [0.5, 0.6) is 0 Å². The lowest BCUT2D eigenvalue weighted by atomic mass is 10.1. The summed E-state index contributed by atoms with van der Waals surface area (Å²) in [6, 6.07) is 5.49. The molecule has 0 radical (unpaired) electrons. The zero-order chi connectivity index (χ0) is 17.6. The zero-order valence-electron chi connectivity index (χ0n) is 13.5. The Kier molecular flexibility index (Phi) is 5.70. The second-order valence-electron chi connectivity index (χ2n) is 5.86. The maximum Gasteiger partial charge on any atom is 0.240 e. The molecule has 1 aliphatic heterocycles. The summed E-state index contributed by atoms with van der Waals surface area (Å²) in [7, 11) is 0. The van der Waals surface area contributed by atoms with Crippen molar-refractivity contribution < 1.29 is 14.0 Å². The molecule has 0 bridgehead atoms. The topological polar surface area (TPSA) is 82.6 Å². The Bertz CT molecular complexity index is 718. The molecular formula is C17H19FN4O2S. The Balaban J connectivity index is 1.51.